The Balaban J connectivity index is 3.08. The van der Waals surface area contributed by atoms with Gasteiger partial charge in [-0.1, -0.05) is 6.92 Å². The molecule has 0 amide bonds. The summed E-state index contributed by atoms with van der Waals surface area (Å²) in [5.41, 5.74) is -0.0995. The molecule has 1 aromatic carbocycles. The Kier molecular flexibility index (Phi) is 4.50. The van der Waals surface area contributed by atoms with Crippen molar-refractivity contribution in [2.24, 2.45) is 0 Å². The van der Waals surface area contributed by atoms with E-state index in [0.717, 1.165) is 6.42 Å². The number of hydrogen-bond acceptors (Lipinski definition) is 4. The summed E-state index contributed by atoms with van der Waals surface area (Å²) in [7, 11) is -0.480. The van der Waals surface area contributed by atoms with Crippen molar-refractivity contribution in [3.63, 3.8) is 0 Å². The number of ether oxygens (including phenoxy) is 1. The molecule has 6 heteroatoms. The van der Waals surface area contributed by atoms with Gasteiger partial charge in [0.05, 0.1) is 12.0 Å². The van der Waals surface area contributed by atoms with E-state index in [9.17, 15) is 14.7 Å². The van der Waals surface area contributed by atoms with Crippen LogP contribution in [0.2, 0.25) is 0 Å². The quantitative estimate of drug-likeness (QED) is 0.451. The smallest absolute Gasteiger partial charge is 0.310 e. The SMILES string of the molecule is CCC[PH](=O)c1ccc([N+](=O)[O-])c(OC)c1. The topological polar surface area (TPSA) is 69.4 Å². The molecule has 0 N–H and O–H groups in total. The molecule has 0 spiro atoms. The monoisotopic (exact) mass is 243 g/mol. The van der Waals surface area contributed by atoms with Gasteiger partial charge in [0, 0.05) is 17.5 Å². The number of benzene rings is 1. The van der Waals surface area contributed by atoms with Crippen LogP contribution in [0.5, 0.6) is 5.75 Å². The second kappa shape index (κ2) is 5.66. The number of rotatable bonds is 5. The van der Waals surface area contributed by atoms with Gasteiger partial charge < -0.3 is 9.30 Å². The highest BCUT2D eigenvalue weighted by Crippen LogP contribution is 2.29. The summed E-state index contributed by atoms with van der Waals surface area (Å²) < 4.78 is 16.7. The van der Waals surface area contributed by atoms with Gasteiger partial charge in [-0.2, -0.15) is 0 Å². The molecule has 0 saturated carbocycles. The van der Waals surface area contributed by atoms with Crippen molar-refractivity contribution in [1.82, 2.24) is 0 Å². The second-order valence-electron chi connectivity index (χ2n) is 3.32. The van der Waals surface area contributed by atoms with Crippen LogP contribution in [0.15, 0.2) is 18.2 Å². The molecule has 88 valence electrons. The Labute approximate surface area is 94.4 Å². The van der Waals surface area contributed by atoms with E-state index in [-0.39, 0.29) is 11.4 Å². The van der Waals surface area contributed by atoms with Crippen LogP contribution < -0.4 is 10.0 Å². The maximum atomic E-state index is 11.8. The molecule has 0 aliphatic heterocycles. The number of hydrogen-bond donors (Lipinski definition) is 0. The summed E-state index contributed by atoms with van der Waals surface area (Å²) in [6.45, 7) is 1.95. The molecule has 0 bridgehead atoms. The lowest BCUT2D eigenvalue weighted by molar-refractivity contribution is -0.385. The highest BCUT2D eigenvalue weighted by Gasteiger charge is 2.16. The number of nitro groups is 1. The van der Waals surface area contributed by atoms with E-state index in [1.165, 1.54) is 25.3 Å². The minimum Gasteiger partial charge on any atom is -0.490 e. The van der Waals surface area contributed by atoms with Crippen LogP contribution in [-0.2, 0) is 4.57 Å². The molecule has 1 rings (SSSR count). The lowest BCUT2D eigenvalue weighted by Crippen LogP contribution is -2.02. The predicted molar refractivity (Wildman–Crippen MR) is 63.4 cm³/mol. The minimum atomic E-state index is -1.84. The summed E-state index contributed by atoms with van der Waals surface area (Å²) in [6, 6.07) is 4.37. The fourth-order valence-electron chi connectivity index (χ4n) is 1.37. The average molecular weight is 243 g/mol. The van der Waals surface area contributed by atoms with Crippen LogP contribution >= 0.6 is 7.80 Å². The Hall–Kier alpha value is -1.35. The molecule has 0 aromatic heterocycles. The fraction of sp³-hybridized carbons (Fsp3) is 0.400. The van der Waals surface area contributed by atoms with E-state index in [1.54, 1.807) is 0 Å². The molecule has 0 aliphatic rings. The predicted octanol–water partition coefficient (Wildman–Crippen LogP) is 2.20. The lowest BCUT2D eigenvalue weighted by atomic mass is 10.3. The highest BCUT2D eigenvalue weighted by atomic mass is 31.1. The van der Waals surface area contributed by atoms with Crippen LogP contribution in [-0.4, -0.2) is 18.2 Å². The van der Waals surface area contributed by atoms with Crippen molar-refractivity contribution >= 4 is 18.8 Å². The van der Waals surface area contributed by atoms with Crippen molar-refractivity contribution in [2.45, 2.75) is 13.3 Å². The van der Waals surface area contributed by atoms with Gasteiger partial charge in [0.25, 0.3) is 0 Å². The zero-order chi connectivity index (χ0) is 12.1. The Morgan fingerprint density at radius 1 is 1.50 bits per heavy atom. The van der Waals surface area contributed by atoms with E-state index in [1.807, 2.05) is 6.92 Å². The second-order valence-corrected chi connectivity index (χ2v) is 5.24. The van der Waals surface area contributed by atoms with Crippen molar-refractivity contribution in [3.05, 3.63) is 28.3 Å². The van der Waals surface area contributed by atoms with Gasteiger partial charge in [-0.15, -0.1) is 0 Å². The van der Waals surface area contributed by atoms with Gasteiger partial charge in [-0.25, -0.2) is 0 Å². The highest BCUT2D eigenvalue weighted by molar-refractivity contribution is 7.53. The normalized spacial score (nSPS) is 12.1. The summed E-state index contributed by atoms with van der Waals surface area (Å²) in [4.78, 5) is 10.1. The van der Waals surface area contributed by atoms with E-state index >= 15 is 0 Å². The molecule has 16 heavy (non-hydrogen) atoms. The third-order valence-corrected chi connectivity index (χ3v) is 4.08. The Morgan fingerprint density at radius 3 is 2.69 bits per heavy atom. The molecule has 0 fully saturated rings. The van der Waals surface area contributed by atoms with Crippen molar-refractivity contribution < 1.29 is 14.2 Å². The first-order valence-electron chi connectivity index (χ1n) is 4.95. The maximum Gasteiger partial charge on any atom is 0.310 e. The summed E-state index contributed by atoms with van der Waals surface area (Å²) in [6.07, 6.45) is 1.45. The fourth-order valence-corrected chi connectivity index (χ4v) is 2.68. The molecule has 1 unspecified atom stereocenters. The first kappa shape index (κ1) is 12.7. The molecule has 0 aliphatic carbocycles. The lowest BCUT2D eigenvalue weighted by Gasteiger charge is -2.04. The van der Waals surface area contributed by atoms with Gasteiger partial charge in [0.2, 0.25) is 0 Å². The Bertz CT molecular complexity index is 419. The molecule has 5 nitrogen and oxygen atoms in total. The van der Waals surface area contributed by atoms with Crippen molar-refractivity contribution in [2.75, 3.05) is 13.3 Å². The summed E-state index contributed by atoms with van der Waals surface area (Å²) >= 11 is 0. The van der Waals surface area contributed by atoms with Gasteiger partial charge >= 0.3 is 5.69 Å². The molecule has 0 heterocycles. The van der Waals surface area contributed by atoms with E-state index in [2.05, 4.69) is 0 Å². The number of nitrogens with zero attached hydrogens (tertiary/aromatic N) is 1. The van der Waals surface area contributed by atoms with Crippen LogP contribution in [0.3, 0.4) is 0 Å². The molecule has 0 saturated heterocycles. The zero-order valence-corrected chi connectivity index (χ0v) is 10.2. The first-order valence-corrected chi connectivity index (χ1v) is 6.57. The average Bonchev–Trinajstić information content (AvgIpc) is 2.28. The largest absolute Gasteiger partial charge is 0.490 e. The third kappa shape index (κ3) is 2.83. The number of nitro benzene ring substituents is 1. The summed E-state index contributed by atoms with van der Waals surface area (Å²) in [5, 5.41) is 11.3. The molecular formula is C10H14NO4P. The molecule has 1 aromatic rings. The van der Waals surface area contributed by atoms with Crippen molar-refractivity contribution in [3.8, 4) is 5.75 Å². The zero-order valence-electron chi connectivity index (χ0n) is 9.23. The molecule has 1 atom stereocenters. The van der Waals surface area contributed by atoms with E-state index in [4.69, 9.17) is 4.74 Å². The standard InChI is InChI=1S/C10H14NO4P/c1-3-6-16(14)8-4-5-9(11(12)13)10(7-8)15-2/h4-5,7,16H,3,6H2,1-2H3. The third-order valence-electron chi connectivity index (χ3n) is 2.18. The van der Waals surface area contributed by atoms with Gasteiger partial charge in [-0.05, 0) is 18.6 Å². The molecule has 0 radical (unpaired) electrons. The number of methoxy groups -OCH3 is 1. The van der Waals surface area contributed by atoms with E-state index in [0.29, 0.717) is 11.5 Å². The van der Waals surface area contributed by atoms with Crippen molar-refractivity contribution in [1.29, 1.82) is 0 Å². The van der Waals surface area contributed by atoms with Gasteiger partial charge in [-0.3, -0.25) is 10.1 Å². The Morgan fingerprint density at radius 2 is 2.19 bits per heavy atom. The van der Waals surface area contributed by atoms with E-state index < -0.39 is 12.7 Å². The van der Waals surface area contributed by atoms with Crippen LogP contribution in [0, 0.1) is 10.1 Å². The minimum absolute atomic E-state index is 0.0995. The van der Waals surface area contributed by atoms with Crippen LogP contribution in [0.25, 0.3) is 0 Å². The molecular weight excluding hydrogens is 229 g/mol. The van der Waals surface area contributed by atoms with Gasteiger partial charge in [0.15, 0.2) is 5.75 Å². The van der Waals surface area contributed by atoms with Gasteiger partial charge in [0.1, 0.15) is 7.80 Å². The van der Waals surface area contributed by atoms with Crippen LogP contribution in [0.1, 0.15) is 13.3 Å². The maximum absolute atomic E-state index is 11.8. The van der Waals surface area contributed by atoms with Crippen LogP contribution in [0.4, 0.5) is 5.69 Å². The summed E-state index contributed by atoms with van der Waals surface area (Å²) in [5.74, 6) is 0.164. The first-order chi connectivity index (χ1) is 7.60.